The summed E-state index contributed by atoms with van der Waals surface area (Å²) in [6, 6.07) is 0. The molecule has 0 bridgehead atoms. The first-order chi connectivity index (χ1) is 7.13. The van der Waals surface area contributed by atoms with Crippen LogP contribution in [0.25, 0.3) is 0 Å². The Morgan fingerprint density at radius 2 is 2.00 bits per heavy atom. The lowest BCUT2D eigenvalue weighted by Gasteiger charge is -2.05. The Kier molecular flexibility index (Phi) is 3.96. The second-order valence-electron chi connectivity index (χ2n) is 3.11. The molecule has 1 aromatic rings. The molecule has 0 aliphatic carbocycles. The molecule has 0 atom stereocenters. The summed E-state index contributed by atoms with van der Waals surface area (Å²) in [5.41, 5.74) is 1.60. The summed E-state index contributed by atoms with van der Waals surface area (Å²) in [5.74, 6) is 0.295. The van der Waals surface area contributed by atoms with Crippen molar-refractivity contribution in [3.05, 3.63) is 11.4 Å². The summed E-state index contributed by atoms with van der Waals surface area (Å²) in [6.07, 6.45) is 0. The molecule has 6 nitrogen and oxygen atoms in total. The van der Waals surface area contributed by atoms with Gasteiger partial charge in [0.2, 0.25) is 11.9 Å². The lowest BCUT2D eigenvalue weighted by molar-refractivity contribution is -0.119. The fraction of sp³-hybridized carbons (Fsp3) is 0.556. The Hall–Kier alpha value is -1.72. The second kappa shape index (κ2) is 5.23. The van der Waals surface area contributed by atoms with Crippen LogP contribution in [0.3, 0.4) is 0 Å². The number of rotatable bonds is 4. The lowest BCUT2D eigenvalue weighted by atomic mass is 10.4. The number of nitrogens with zero attached hydrogens (tertiary/aromatic N) is 3. The maximum absolute atomic E-state index is 11.1. The largest absolute Gasteiger partial charge is 0.355 e. The van der Waals surface area contributed by atoms with E-state index in [9.17, 15) is 4.79 Å². The van der Waals surface area contributed by atoms with Crippen LogP contribution in [0.2, 0.25) is 0 Å². The van der Waals surface area contributed by atoms with E-state index in [1.165, 1.54) is 0 Å². The molecule has 0 spiro atoms. The highest BCUT2D eigenvalue weighted by Crippen LogP contribution is 2.00. The molecule has 0 aliphatic rings. The van der Waals surface area contributed by atoms with Gasteiger partial charge in [-0.3, -0.25) is 4.79 Å². The number of carbonyl (C=O) groups excluding carboxylic acids is 1. The van der Waals surface area contributed by atoms with Gasteiger partial charge in [0, 0.05) is 6.54 Å². The van der Waals surface area contributed by atoms with Crippen molar-refractivity contribution in [3.63, 3.8) is 0 Å². The van der Waals surface area contributed by atoms with Gasteiger partial charge < -0.3 is 10.6 Å². The Morgan fingerprint density at radius 3 is 2.60 bits per heavy atom. The molecular weight excluding hydrogens is 194 g/mol. The molecule has 6 heteroatoms. The van der Waals surface area contributed by atoms with Gasteiger partial charge in [-0.05, 0) is 20.8 Å². The van der Waals surface area contributed by atoms with Gasteiger partial charge >= 0.3 is 0 Å². The maximum Gasteiger partial charge on any atom is 0.243 e. The number of aromatic nitrogens is 3. The number of likely N-dealkylation sites (N-methyl/N-ethyl adjacent to an activating group) is 1. The first kappa shape index (κ1) is 11.4. The average molecular weight is 209 g/mol. The van der Waals surface area contributed by atoms with Gasteiger partial charge in [-0.15, -0.1) is 5.10 Å². The summed E-state index contributed by atoms with van der Waals surface area (Å²) in [4.78, 5) is 15.3. The van der Waals surface area contributed by atoms with Crippen molar-refractivity contribution in [2.75, 3.05) is 18.4 Å². The average Bonchev–Trinajstić information content (AvgIpc) is 2.20. The maximum atomic E-state index is 11.1. The Morgan fingerprint density at radius 1 is 1.27 bits per heavy atom. The number of hydrogen-bond donors (Lipinski definition) is 2. The minimum absolute atomic E-state index is 0.0840. The van der Waals surface area contributed by atoms with E-state index in [1.54, 1.807) is 0 Å². The van der Waals surface area contributed by atoms with Crippen LogP contribution in [-0.4, -0.2) is 34.2 Å². The van der Waals surface area contributed by atoms with Crippen LogP contribution >= 0.6 is 0 Å². The smallest absolute Gasteiger partial charge is 0.243 e. The topological polar surface area (TPSA) is 79.8 Å². The summed E-state index contributed by atoms with van der Waals surface area (Å²) in [5, 5.41) is 13.2. The Balaban J connectivity index is 2.51. The third-order valence-electron chi connectivity index (χ3n) is 1.87. The second-order valence-corrected chi connectivity index (χ2v) is 3.11. The molecule has 1 aromatic heterocycles. The first-order valence-electron chi connectivity index (χ1n) is 4.82. The van der Waals surface area contributed by atoms with Crippen molar-refractivity contribution in [1.82, 2.24) is 20.5 Å². The summed E-state index contributed by atoms with van der Waals surface area (Å²) in [7, 11) is 0. The molecular formula is C9H15N5O. The minimum Gasteiger partial charge on any atom is -0.355 e. The van der Waals surface area contributed by atoms with Gasteiger partial charge in [0.25, 0.3) is 0 Å². The van der Waals surface area contributed by atoms with E-state index >= 15 is 0 Å². The van der Waals surface area contributed by atoms with Crippen molar-refractivity contribution in [2.24, 2.45) is 0 Å². The van der Waals surface area contributed by atoms with Crippen LogP contribution in [0.1, 0.15) is 18.3 Å². The molecule has 82 valence electrons. The summed E-state index contributed by atoms with van der Waals surface area (Å²) >= 11 is 0. The number of amides is 1. The van der Waals surface area contributed by atoms with E-state index in [2.05, 4.69) is 25.8 Å². The molecule has 0 fully saturated rings. The van der Waals surface area contributed by atoms with E-state index in [-0.39, 0.29) is 12.5 Å². The number of aryl methyl sites for hydroxylation is 2. The zero-order valence-electron chi connectivity index (χ0n) is 9.16. The van der Waals surface area contributed by atoms with Crippen LogP contribution in [0, 0.1) is 13.8 Å². The molecule has 2 N–H and O–H groups in total. The zero-order valence-corrected chi connectivity index (χ0v) is 9.16. The van der Waals surface area contributed by atoms with Crippen molar-refractivity contribution in [1.29, 1.82) is 0 Å². The van der Waals surface area contributed by atoms with Crippen LogP contribution in [0.5, 0.6) is 0 Å². The Labute approximate surface area is 88.5 Å². The van der Waals surface area contributed by atoms with E-state index in [1.807, 2.05) is 20.8 Å². The lowest BCUT2D eigenvalue weighted by Crippen LogP contribution is -2.30. The molecule has 0 radical (unpaired) electrons. The quantitative estimate of drug-likeness (QED) is 0.731. The molecule has 1 amide bonds. The van der Waals surface area contributed by atoms with E-state index < -0.39 is 0 Å². The fourth-order valence-corrected chi connectivity index (χ4v) is 0.951. The summed E-state index contributed by atoms with van der Waals surface area (Å²) in [6.45, 7) is 6.33. The van der Waals surface area contributed by atoms with Crippen molar-refractivity contribution in [3.8, 4) is 0 Å². The summed E-state index contributed by atoms with van der Waals surface area (Å²) < 4.78 is 0. The molecule has 0 saturated carbocycles. The molecule has 15 heavy (non-hydrogen) atoms. The van der Waals surface area contributed by atoms with Crippen LogP contribution in [-0.2, 0) is 4.79 Å². The third-order valence-corrected chi connectivity index (χ3v) is 1.87. The number of nitrogens with one attached hydrogen (secondary N) is 2. The monoisotopic (exact) mass is 209 g/mol. The predicted octanol–water partition coefficient (Wildman–Crippen LogP) is 0.0364. The highest BCUT2D eigenvalue weighted by atomic mass is 16.1. The van der Waals surface area contributed by atoms with E-state index in [0.29, 0.717) is 12.5 Å². The molecule has 1 rings (SSSR count). The molecule has 0 aliphatic heterocycles. The first-order valence-corrected chi connectivity index (χ1v) is 4.82. The van der Waals surface area contributed by atoms with Crippen LogP contribution < -0.4 is 10.6 Å². The number of carbonyl (C=O) groups is 1. The van der Waals surface area contributed by atoms with E-state index in [4.69, 9.17) is 0 Å². The minimum atomic E-state index is -0.0840. The van der Waals surface area contributed by atoms with E-state index in [0.717, 1.165) is 11.4 Å². The van der Waals surface area contributed by atoms with Gasteiger partial charge in [0.05, 0.1) is 17.9 Å². The van der Waals surface area contributed by atoms with Gasteiger partial charge in [-0.25, -0.2) is 4.98 Å². The Bertz CT molecular complexity index is 352. The highest BCUT2D eigenvalue weighted by molar-refractivity contribution is 5.80. The van der Waals surface area contributed by atoms with Crippen LogP contribution in [0.15, 0.2) is 0 Å². The molecule has 1 heterocycles. The zero-order chi connectivity index (χ0) is 11.3. The fourth-order valence-electron chi connectivity index (χ4n) is 0.951. The van der Waals surface area contributed by atoms with Crippen molar-refractivity contribution < 1.29 is 4.79 Å². The standard InChI is InChI=1S/C9H15N5O/c1-4-10-8(15)5-11-9-12-6(2)7(3)13-14-9/h4-5H2,1-3H3,(H,10,15)(H,11,12,14). The third kappa shape index (κ3) is 3.49. The predicted molar refractivity (Wildman–Crippen MR) is 56.5 cm³/mol. The molecule has 0 aromatic carbocycles. The van der Waals surface area contributed by atoms with Gasteiger partial charge in [0.15, 0.2) is 0 Å². The highest BCUT2D eigenvalue weighted by Gasteiger charge is 2.03. The molecule has 0 unspecified atom stereocenters. The van der Waals surface area contributed by atoms with Crippen LogP contribution in [0.4, 0.5) is 5.95 Å². The van der Waals surface area contributed by atoms with Crippen molar-refractivity contribution in [2.45, 2.75) is 20.8 Å². The van der Waals surface area contributed by atoms with Gasteiger partial charge in [-0.2, -0.15) is 5.10 Å². The molecule has 0 saturated heterocycles. The van der Waals surface area contributed by atoms with Gasteiger partial charge in [-0.1, -0.05) is 0 Å². The number of hydrogen-bond acceptors (Lipinski definition) is 5. The van der Waals surface area contributed by atoms with Gasteiger partial charge in [0.1, 0.15) is 0 Å². The SMILES string of the molecule is CCNC(=O)CNc1nnc(C)c(C)n1. The number of anilines is 1. The van der Waals surface area contributed by atoms with Crippen molar-refractivity contribution >= 4 is 11.9 Å². The normalized spacial score (nSPS) is 9.80.